The van der Waals surface area contributed by atoms with Gasteiger partial charge in [-0.25, -0.2) is 0 Å². The van der Waals surface area contributed by atoms with E-state index < -0.39 is 0 Å². The molecule has 0 saturated carbocycles. The van der Waals surface area contributed by atoms with E-state index in [2.05, 4.69) is 28.2 Å². The summed E-state index contributed by atoms with van der Waals surface area (Å²) in [5.74, 6) is -0.107. The van der Waals surface area contributed by atoms with Crippen molar-refractivity contribution in [1.82, 2.24) is 4.90 Å². The number of anilines is 2. The largest absolute Gasteiger partial charge is 0.367 e. The van der Waals surface area contributed by atoms with E-state index in [1.54, 1.807) is 0 Å². The lowest BCUT2D eigenvalue weighted by Gasteiger charge is -2.35. The maximum atomic E-state index is 12.7. The molecule has 0 bridgehead atoms. The van der Waals surface area contributed by atoms with Crippen LogP contribution in [0.25, 0.3) is 0 Å². The Balaban J connectivity index is 1.86. The summed E-state index contributed by atoms with van der Waals surface area (Å²) < 4.78 is 0. The molecule has 1 fully saturated rings. The molecule has 2 aromatic rings. The van der Waals surface area contributed by atoms with E-state index in [1.165, 1.54) is 0 Å². The Morgan fingerprint density at radius 3 is 2.28 bits per heavy atom. The minimum atomic E-state index is -0.107. The van der Waals surface area contributed by atoms with Gasteiger partial charge >= 0.3 is 0 Å². The molecule has 4 nitrogen and oxygen atoms in total. The molecule has 0 atom stereocenters. The van der Waals surface area contributed by atoms with Crippen molar-refractivity contribution in [2.45, 2.75) is 13.8 Å². The van der Waals surface area contributed by atoms with Crippen molar-refractivity contribution in [2.24, 2.45) is 0 Å². The van der Waals surface area contributed by atoms with Crippen LogP contribution >= 0.6 is 11.6 Å². The van der Waals surface area contributed by atoms with E-state index in [0.717, 1.165) is 48.7 Å². The molecule has 1 aliphatic rings. The van der Waals surface area contributed by atoms with E-state index in [1.807, 2.05) is 44.2 Å². The van der Waals surface area contributed by atoms with Crippen molar-refractivity contribution in [2.75, 3.05) is 43.4 Å². The molecule has 25 heavy (non-hydrogen) atoms. The fourth-order valence-electron chi connectivity index (χ4n) is 3.23. The molecule has 0 spiro atoms. The van der Waals surface area contributed by atoms with Crippen molar-refractivity contribution in [1.29, 1.82) is 0 Å². The molecule has 1 aliphatic heterocycles. The molecular weight excluding hydrogens is 334 g/mol. The smallest absolute Gasteiger partial charge is 0.255 e. The highest BCUT2D eigenvalue weighted by Gasteiger charge is 2.19. The summed E-state index contributed by atoms with van der Waals surface area (Å²) in [6.07, 6.45) is 0. The van der Waals surface area contributed by atoms with Crippen molar-refractivity contribution in [3.63, 3.8) is 0 Å². The number of carbonyl (C=O) groups excluding carboxylic acids is 1. The SMILES string of the molecule is Cc1cc(C)cc(C(=O)Nc2cc(Cl)ccc2N2CCN(C)CC2)c1. The Labute approximate surface area is 154 Å². The Morgan fingerprint density at radius 2 is 1.64 bits per heavy atom. The average Bonchev–Trinajstić information content (AvgIpc) is 2.55. The second-order valence-corrected chi connectivity index (χ2v) is 7.22. The number of nitrogens with one attached hydrogen (secondary N) is 1. The van der Waals surface area contributed by atoms with Gasteiger partial charge in [-0.3, -0.25) is 4.79 Å². The Hall–Kier alpha value is -2.04. The fraction of sp³-hybridized carbons (Fsp3) is 0.350. The molecule has 0 aliphatic carbocycles. The van der Waals surface area contributed by atoms with Crippen molar-refractivity contribution >= 4 is 28.9 Å². The minimum absolute atomic E-state index is 0.107. The van der Waals surface area contributed by atoms with Gasteiger partial charge in [-0.05, 0) is 51.2 Å². The molecule has 2 aromatic carbocycles. The molecule has 132 valence electrons. The van der Waals surface area contributed by atoms with E-state index >= 15 is 0 Å². The van der Waals surface area contributed by atoms with Crippen LogP contribution in [-0.4, -0.2) is 44.0 Å². The van der Waals surface area contributed by atoms with Crippen LogP contribution in [0.2, 0.25) is 5.02 Å². The lowest BCUT2D eigenvalue weighted by Crippen LogP contribution is -2.44. The predicted octanol–water partition coefficient (Wildman–Crippen LogP) is 3.96. The molecule has 1 saturated heterocycles. The number of aryl methyl sites for hydroxylation is 2. The number of carbonyl (C=O) groups is 1. The Morgan fingerprint density at radius 1 is 1.00 bits per heavy atom. The molecule has 0 aromatic heterocycles. The van der Waals surface area contributed by atoms with Crippen LogP contribution in [0.4, 0.5) is 11.4 Å². The van der Waals surface area contributed by atoms with Gasteiger partial charge < -0.3 is 15.1 Å². The fourth-order valence-corrected chi connectivity index (χ4v) is 3.40. The van der Waals surface area contributed by atoms with E-state index in [9.17, 15) is 4.79 Å². The monoisotopic (exact) mass is 357 g/mol. The summed E-state index contributed by atoms with van der Waals surface area (Å²) in [7, 11) is 2.13. The van der Waals surface area contributed by atoms with Crippen LogP contribution < -0.4 is 10.2 Å². The summed E-state index contributed by atoms with van der Waals surface area (Å²) in [5, 5.41) is 3.67. The first kappa shape index (κ1) is 17.8. The first-order valence-corrected chi connectivity index (χ1v) is 8.93. The molecule has 3 rings (SSSR count). The summed E-state index contributed by atoms with van der Waals surface area (Å²) in [6.45, 7) is 7.88. The highest BCUT2D eigenvalue weighted by molar-refractivity contribution is 6.31. The number of benzene rings is 2. The Kier molecular flexibility index (Phi) is 5.30. The number of piperazine rings is 1. The average molecular weight is 358 g/mol. The van der Waals surface area contributed by atoms with Crippen molar-refractivity contribution in [3.8, 4) is 0 Å². The molecule has 5 heteroatoms. The topological polar surface area (TPSA) is 35.6 Å². The maximum Gasteiger partial charge on any atom is 0.255 e. The zero-order valence-electron chi connectivity index (χ0n) is 15.0. The van der Waals surface area contributed by atoms with Gasteiger partial charge in [0, 0.05) is 36.8 Å². The predicted molar refractivity (Wildman–Crippen MR) is 105 cm³/mol. The van der Waals surface area contributed by atoms with Gasteiger partial charge in [0.25, 0.3) is 5.91 Å². The number of hydrogen-bond donors (Lipinski definition) is 1. The highest BCUT2D eigenvalue weighted by Crippen LogP contribution is 2.30. The number of hydrogen-bond acceptors (Lipinski definition) is 3. The van der Waals surface area contributed by atoms with Gasteiger partial charge in [0.05, 0.1) is 11.4 Å². The first-order valence-electron chi connectivity index (χ1n) is 8.55. The summed E-state index contributed by atoms with van der Waals surface area (Å²) in [4.78, 5) is 17.3. The van der Waals surface area contributed by atoms with E-state index in [0.29, 0.717) is 10.6 Å². The van der Waals surface area contributed by atoms with Gasteiger partial charge in [0.15, 0.2) is 0 Å². The molecule has 1 heterocycles. The number of rotatable bonds is 3. The number of likely N-dealkylation sites (N-methyl/N-ethyl adjacent to an activating group) is 1. The highest BCUT2D eigenvalue weighted by atomic mass is 35.5. The van der Waals surface area contributed by atoms with Crippen LogP contribution in [-0.2, 0) is 0 Å². The van der Waals surface area contributed by atoms with Crippen molar-refractivity contribution in [3.05, 3.63) is 58.1 Å². The third-order valence-electron chi connectivity index (χ3n) is 4.53. The first-order chi connectivity index (χ1) is 11.9. The van der Waals surface area contributed by atoms with Gasteiger partial charge in [-0.1, -0.05) is 28.8 Å². The van der Waals surface area contributed by atoms with Gasteiger partial charge in [0.1, 0.15) is 0 Å². The zero-order chi connectivity index (χ0) is 18.0. The lowest BCUT2D eigenvalue weighted by molar-refractivity contribution is 0.102. The van der Waals surface area contributed by atoms with Gasteiger partial charge in [-0.2, -0.15) is 0 Å². The van der Waals surface area contributed by atoms with Crippen molar-refractivity contribution < 1.29 is 4.79 Å². The van der Waals surface area contributed by atoms with Crippen LogP contribution in [0.5, 0.6) is 0 Å². The van der Waals surface area contributed by atoms with E-state index in [-0.39, 0.29) is 5.91 Å². The normalized spacial score (nSPS) is 15.3. The summed E-state index contributed by atoms with van der Waals surface area (Å²) in [5.41, 5.74) is 4.62. The lowest BCUT2D eigenvalue weighted by atomic mass is 10.1. The molecule has 1 N–H and O–H groups in total. The van der Waals surface area contributed by atoms with E-state index in [4.69, 9.17) is 11.6 Å². The second kappa shape index (κ2) is 7.46. The summed E-state index contributed by atoms with van der Waals surface area (Å²) >= 11 is 6.18. The number of nitrogens with zero attached hydrogens (tertiary/aromatic N) is 2. The number of amides is 1. The van der Waals surface area contributed by atoms with Gasteiger partial charge in [0.2, 0.25) is 0 Å². The molecular formula is C20H24ClN3O. The third-order valence-corrected chi connectivity index (χ3v) is 4.77. The minimum Gasteiger partial charge on any atom is -0.367 e. The molecule has 1 amide bonds. The van der Waals surface area contributed by atoms with Crippen LogP contribution in [0.3, 0.4) is 0 Å². The molecule has 0 radical (unpaired) electrons. The van der Waals surface area contributed by atoms with Crippen LogP contribution in [0, 0.1) is 13.8 Å². The van der Waals surface area contributed by atoms with Crippen LogP contribution in [0.15, 0.2) is 36.4 Å². The van der Waals surface area contributed by atoms with Crippen LogP contribution in [0.1, 0.15) is 21.5 Å². The summed E-state index contributed by atoms with van der Waals surface area (Å²) in [6, 6.07) is 11.6. The quantitative estimate of drug-likeness (QED) is 0.903. The zero-order valence-corrected chi connectivity index (χ0v) is 15.7. The second-order valence-electron chi connectivity index (χ2n) is 6.78. The molecule has 0 unspecified atom stereocenters. The maximum absolute atomic E-state index is 12.7. The van der Waals surface area contributed by atoms with Gasteiger partial charge in [-0.15, -0.1) is 0 Å². The third kappa shape index (κ3) is 4.33. The number of halogens is 1. The Bertz CT molecular complexity index is 762. The standard InChI is InChI=1S/C20H24ClN3O/c1-14-10-15(2)12-16(11-14)20(25)22-18-13-17(21)4-5-19(18)24-8-6-23(3)7-9-24/h4-5,10-13H,6-9H2,1-3H3,(H,22,25).